The van der Waals surface area contributed by atoms with Crippen LogP contribution in [0.3, 0.4) is 0 Å². The maximum Gasteiger partial charge on any atom is 0.248 e. The SMILES string of the molecule is CCOCC(=O)N1CC=C(C(C)C)CC1. The first kappa shape index (κ1) is 12.2. The van der Waals surface area contributed by atoms with Crippen molar-refractivity contribution in [3.8, 4) is 0 Å². The molecule has 0 aromatic rings. The number of carbonyl (C=O) groups excluding carboxylic acids is 1. The predicted octanol–water partition coefficient (Wildman–Crippen LogP) is 1.84. The lowest BCUT2D eigenvalue weighted by Gasteiger charge is -2.27. The Kier molecular flexibility index (Phi) is 4.82. The molecule has 3 nitrogen and oxygen atoms in total. The molecule has 0 aliphatic carbocycles. The van der Waals surface area contributed by atoms with Crippen LogP contribution in [0, 0.1) is 5.92 Å². The second kappa shape index (κ2) is 5.91. The maximum absolute atomic E-state index is 11.6. The average molecular weight is 211 g/mol. The molecular formula is C12H21NO2. The van der Waals surface area contributed by atoms with Crippen molar-refractivity contribution in [2.45, 2.75) is 27.2 Å². The van der Waals surface area contributed by atoms with E-state index in [9.17, 15) is 4.79 Å². The van der Waals surface area contributed by atoms with Gasteiger partial charge >= 0.3 is 0 Å². The molecule has 86 valence electrons. The third-order valence-electron chi connectivity index (χ3n) is 2.77. The van der Waals surface area contributed by atoms with Gasteiger partial charge in [-0.15, -0.1) is 0 Å². The molecule has 1 rings (SSSR count). The lowest BCUT2D eigenvalue weighted by Crippen LogP contribution is -2.37. The number of carbonyl (C=O) groups is 1. The van der Waals surface area contributed by atoms with E-state index >= 15 is 0 Å². The summed E-state index contributed by atoms with van der Waals surface area (Å²) in [7, 11) is 0. The quantitative estimate of drug-likeness (QED) is 0.664. The smallest absolute Gasteiger partial charge is 0.248 e. The summed E-state index contributed by atoms with van der Waals surface area (Å²) >= 11 is 0. The van der Waals surface area contributed by atoms with Crippen LogP contribution in [0.1, 0.15) is 27.2 Å². The van der Waals surface area contributed by atoms with E-state index in [0.29, 0.717) is 12.5 Å². The Labute approximate surface area is 92.1 Å². The van der Waals surface area contributed by atoms with Gasteiger partial charge in [0.25, 0.3) is 0 Å². The number of nitrogens with zero attached hydrogens (tertiary/aromatic N) is 1. The zero-order chi connectivity index (χ0) is 11.3. The van der Waals surface area contributed by atoms with Crippen molar-refractivity contribution in [1.82, 2.24) is 4.90 Å². The monoisotopic (exact) mass is 211 g/mol. The predicted molar refractivity (Wildman–Crippen MR) is 60.6 cm³/mol. The zero-order valence-electron chi connectivity index (χ0n) is 9.95. The lowest BCUT2D eigenvalue weighted by molar-refractivity contribution is -0.135. The first-order valence-electron chi connectivity index (χ1n) is 5.69. The van der Waals surface area contributed by atoms with Crippen LogP contribution in [-0.4, -0.2) is 37.1 Å². The van der Waals surface area contributed by atoms with Crippen molar-refractivity contribution in [3.63, 3.8) is 0 Å². The highest BCUT2D eigenvalue weighted by Gasteiger charge is 2.17. The number of amides is 1. The summed E-state index contributed by atoms with van der Waals surface area (Å²) in [6, 6.07) is 0. The second-order valence-corrected chi connectivity index (χ2v) is 4.16. The molecule has 0 aromatic heterocycles. The minimum atomic E-state index is 0.107. The van der Waals surface area contributed by atoms with Crippen LogP contribution in [0.15, 0.2) is 11.6 Å². The van der Waals surface area contributed by atoms with Gasteiger partial charge in [0.05, 0.1) is 0 Å². The van der Waals surface area contributed by atoms with Crippen molar-refractivity contribution in [3.05, 3.63) is 11.6 Å². The van der Waals surface area contributed by atoms with E-state index in [1.54, 1.807) is 0 Å². The first-order chi connectivity index (χ1) is 7.15. The van der Waals surface area contributed by atoms with Crippen molar-refractivity contribution < 1.29 is 9.53 Å². The molecule has 0 radical (unpaired) electrons. The Bertz CT molecular complexity index is 246. The maximum atomic E-state index is 11.6. The topological polar surface area (TPSA) is 29.5 Å². The van der Waals surface area contributed by atoms with Crippen LogP contribution in [-0.2, 0) is 9.53 Å². The van der Waals surface area contributed by atoms with Crippen molar-refractivity contribution in [1.29, 1.82) is 0 Å². The van der Waals surface area contributed by atoms with Crippen LogP contribution in [0.4, 0.5) is 0 Å². The molecule has 1 aliphatic rings. The van der Waals surface area contributed by atoms with Gasteiger partial charge in [0.1, 0.15) is 6.61 Å². The van der Waals surface area contributed by atoms with E-state index in [-0.39, 0.29) is 12.5 Å². The van der Waals surface area contributed by atoms with Gasteiger partial charge in [-0.25, -0.2) is 0 Å². The lowest BCUT2D eigenvalue weighted by atomic mass is 9.97. The summed E-state index contributed by atoms with van der Waals surface area (Å²) in [6.07, 6.45) is 3.19. The van der Waals surface area contributed by atoms with E-state index in [1.165, 1.54) is 5.57 Å². The molecule has 1 heterocycles. The summed E-state index contributed by atoms with van der Waals surface area (Å²) in [5.41, 5.74) is 1.47. The van der Waals surface area contributed by atoms with Crippen LogP contribution < -0.4 is 0 Å². The molecule has 0 saturated heterocycles. The summed E-state index contributed by atoms with van der Waals surface area (Å²) in [6.45, 7) is 8.72. The molecule has 0 unspecified atom stereocenters. The summed E-state index contributed by atoms with van der Waals surface area (Å²) in [4.78, 5) is 13.5. The first-order valence-corrected chi connectivity index (χ1v) is 5.69. The third kappa shape index (κ3) is 3.67. The van der Waals surface area contributed by atoms with E-state index in [2.05, 4.69) is 19.9 Å². The molecule has 3 heteroatoms. The van der Waals surface area contributed by atoms with Crippen LogP contribution in [0.25, 0.3) is 0 Å². The standard InChI is InChI=1S/C12H21NO2/c1-4-15-9-12(14)13-7-5-11(6-8-13)10(2)3/h5,10H,4,6-9H2,1-3H3. The Morgan fingerprint density at radius 1 is 1.60 bits per heavy atom. The van der Waals surface area contributed by atoms with E-state index < -0.39 is 0 Å². The molecule has 15 heavy (non-hydrogen) atoms. The molecular weight excluding hydrogens is 190 g/mol. The van der Waals surface area contributed by atoms with Crippen molar-refractivity contribution in [2.75, 3.05) is 26.3 Å². The summed E-state index contributed by atoms with van der Waals surface area (Å²) < 4.78 is 5.11. The molecule has 1 amide bonds. The molecule has 0 aromatic carbocycles. The Balaban J connectivity index is 2.39. The normalized spacial score (nSPS) is 16.8. The van der Waals surface area contributed by atoms with Crippen LogP contribution in [0.5, 0.6) is 0 Å². The highest BCUT2D eigenvalue weighted by atomic mass is 16.5. The molecule has 1 aliphatic heterocycles. The molecule has 0 spiro atoms. The minimum Gasteiger partial charge on any atom is -0.372 e. The molecule has 0 saturated carbocycles. The second-order valence-electron chi connectivity index (χ2n) is 4.16. The molecule has 0 bridgehead atoms. The number of hydrogen-bond acceptors (Lipinski definition) is 2. The molecule has 0 fully saturated rings. The molecule has 0 N–H and O–H groups in total. The van der Waals surface area contributed by atoms with E-state index in [1.807, 2.05) is 11.8 Å². The minimum absolute atomic E-state index is 0.107. The Morgan fingerprint density at radius 3 is 2.80 bits per heavy atom. The van der Waals surface area contributed by atoms with Crippen LogP contribution >= 0.6 is 0 Å². The number of rotatable bonds is 4. The third-order valence-corrected chi connectivity index (χ3v) is 2.77. The van der Waals surface area contributed by atoms with Gasteiger partial charge < -0.3 is 9.64 Å². The number of hydrogen-bond donors (Lipinski definition) is 0. The fraction of sp³-hybridized carbons (Fsp3) is 0.750. The van der Waals surface area contributed by atoms with Gasteiger partial charge in [0.2, 0.25) is 5.91 Å². The highest BCUT2D eigenvalue weighted by Crippen LogP contribution is 2.18. The van der Waals surface area contributed by atoms with Crippen LogP contribution in [0.2, 0.25) is 0 Å². The van der Waals surface area contributed by atoms with Gasteiger partial charge in [-0.05, 0) is 19.3 Å². The van der Waals surface area contributed by atoms with Gasteiger partial charge in [0, 0.05) is 19.7 Å². The van der Waals surface area contributed by atoms with Gasteiger partial charge in [-0.3, -0.25) is 4.79 Å². The zero-order valence-corrected chi connectivity index (χ0v) is 9.95. The van der Waals surface area contributed by atoms with Gasteiger partial charge in [0.15, 0.2) is 0 Å². The van der Waals surface area contributed by atoms with Gasteiger partial charge in [-0.2, -0.15) is 0 Å². The molecule has 0 atom stereocenters. The largest absolute Gasteiger partial charge is 0.372 e. The Morgan fingerprint density at radius 2 is 2.33 bits per heavy atom. The number of ether oxygens (including phenoxy) is 1. The van der Waals surface area contributed by atoms with E-state index in [4.69, 9.17) is 4.74 Å². The fourth-order valence-corrected chi connectivity index (χ4v) is 1.72. The summed E-state index contributed by atoms with van der Waals surface area (Å²) in [5, 5.41) is 0. The highest BCUT2D eigenvalue weighted by molar-refractivity contribution is 5.77. The fourth-order valence-electron chi connectivity index (χ4n) is 1.72. The Hall–Kier alpha value is -0.830. The van der Waals surface area contributed by atoms with Gasteiger partial charge in [-0.1, -0.05) is 25.5 Å². The van der Waals surface area contributed by atoms with Crippen molar-refractivity contribution in [2.24, 2.45) is 5.92 Å². The average Bonchev–Trinajstić information content (AvgIpc) is 2.26. The van der Waals surface area contributed by atoms with E-state index in [0.717, 1.165) is 19.5 Å². The van der Waals surface area contributed by atoms with Crippen molar-refractivity contribution >= 4 is 5.91 Å². The summed E-state index contributed by atoms with van der Waals surface area (Å²) in [5.74, 6) is 0.713.